The fraction of sp³-hybridized carbons (Fsp3) is 0.914. The highest BCUT2D eigenvalue weighted by Crippen LogP contribution is 2.33. The van der Waals surface area contributed by atoms with E-state index in [9.17, 15) is 28.8 Å². The predicted molar refractivity (Wildman–Crippen MR) is 359 cm³/mol. The van der Waals surface area contributed by atoms with Gasteiger partial charge in [0, 0.05) is 70.0 Å². The highest BCUT2D eigenvalue weighted by molar-refractivity contribution is 5.85. The first-order valence-electron chi connectivity index (χ1n) is 36.0. The largest absolute Gasteiger partial charge is 0.355 e. The molecule has 0 spiro atoms. The van der Waals surface area contributed by atoms with Crippen LogP contribution in [-0.2, 0) is 28.8 Å². The van der Waals surface area contributed by atoms with Crippen LogP contribution in [0, 0.1) is 41.4 Å². The number of carbonyl (C=O) groups excluding carboxylic acids is 6. The zero-order chi connectivity index (χ0) is 64.5. The number of nitrogens with one attached hydrogen (secondary N) is 7. The molecule has 88 heavy (non-hydrogen) atoms. The van der Waals surface area contributed by atoms with Crippen molar-refractivity contribution < 1.29 is 28.8 Å². The molecule has 6 amide bonds. The summed E-state index contributed by atoms with van der Waals surface area (Å²) in [5, 5.41) is 21.7. The van der Waals surface area contributed by atoms with Gasteiger partial charge >= 0.3 is 0 Å². The summed E-state index contributed by atoms with van der Waals surface area (Å²) in [6.45, 7) is 24.3. The highest BCUT2D eigenvalue weighted by atomic mass is 16.2. The van der Waals surface area contributed by atoms with Crippen LogP contribution >= 0.6 is 0 Å². The quantitative estimate of drug-likeness (QED) is 0.0997. The molecule has 6 saturated heterocycles. The van der Waals surface area contributed by atoms with Crippen molar-refractivity contribution in [3.8, 4) is 0 Å². The van der Waals surface area contributed by atoms with Crippen molar-refractivity contribution in [2.45, 2.75) is 283 Å². The van der Waals surface area contributed by atoms with E-state index in [1.807, 2.05) is 47.2 Å². The average Bonchev–Trinajstić information content (AvgIpc) is 4.31. The van der Waals surface area contributed by atoms with Gasteiger partial charge in [-0.2, -0.15) is 0 Å². The molecular formula is C70H132N12O6. The summed E-state index contributed by atoms with van der Waals surface area (Å²) in [5.74, 6) is 6.30. The van der Waals surface area contributed by atoms with E-state index in [0.717, 1.165) is 97.2 Å². The Morgan fingerprint density at radius 2 is 0.614 bits per heavy atom. The van der Waals surface area contributed by atoms with Gasteiger partial charge in [0.15, 0.2) is 0 Å². The van der Waals surface area contributed by atoms with E-state index in [0.29, 0.717) is 89.2 Å². The topological polar surface area (TPSA) is 203 Å². The second-order valence-corrected chi connectivity index (χ2v) is 29.5. The van der Waals surface area contributed by atoms with Crippen molar-refractivity contribution in [3.63, 3.8) is 0 Å². The van der Waals surface area contributed by atoms with Gasteiger partial charge in [-0.05, 0) is 219 Å². The monoisotopic (exact) mass is 1240 g/mol. The van der Waals surface area contributed by atoms with Crippen molar-refractivity contribution in [1.29, 1.82) is 0 Å². The van der Waals surface area contributed by atoms with Gasteiger partial charge in [-0.3, -0.25) is 28.8 Å². The summed E-state index contributed by atoms with van der Waals surface area (Å²) in [6, 6.07) is 2.46. The zero-order valence-corrected chi connectivity index (χ0v) is 58.3. The van der Waals surface area contributed by atoms with Crippen molar-refractivity contribution in [3.05, 3.63) is 0 Å². The fourth-order valence-corrected chi connectivity index (χ4v) is 14.9. The first-order valence-corrected chi connectivity index (χ1v) is 36.0. The van der Waals surface area contributed by atoms with E-state index >= 15 is 0 Å². The third-order valence-electron chi connectivity index (χ3n) is 21.3. The summed E-state index contributed by atoms with van der Waals surface area (Å²) in [6.07, 6.45) is 30.4. The lowest BCUT2D eigenvalue weighted by atomic mass is 9.91. The number of rotatable bonds is 12. The molecule has 6 heterocycles. The lowest BCUT2D eigenvalue weighted by Crippen LogP contribution is -2.50. The van der Waals surface area contributed by atoms with Gasteiger partial charge in [0.05, 0.1) is 36.3 Å². The molecule has 0 bridgehead atoms. The standard InChI is InChI=1S/C14H26N2O.C13H24N2O.C12H22N2O.C12H24N2O.C11H20N2O.C8H16N2O/c1-11-8-9-16(12-6-4-3-5-7-12)14(17)13(10-11)15-2;1-10-7-8-15(11-5-3-4-6-11)13(16)12(9-10)14-2;1-9-6-7-14(10-4-3-5-10)12(15)11(8-9)13-2;1-9(2)8-14-6-5-10(3)7-11(13-4)12(14)15;1-8-5-6-13(9-3-4-9)11(14)10(7-8)12-2;1-6-3-4-10-8(11)7(5-6)9-2/h11-13,15H,3-10H2,1-2H3;10-12,14H,3-9H2,1-2H3;9-11,13H,3-8H2,1-2H3;9-11,13H,5-8H2,1-4H3;8-10,12H,3-7H2,1-2H3;6-7,9H,3-5H2,1-2H3,(H,10,11). The van der Waals surface area contributed by atoms with Crippen LogP contribution in [-0.4, -0.2) is 208 Å². The molecule has 6 aliphatic heterocycles. The molecular weight excluding hydrogens is 1100 g/mol. The lowest BCUT2D eigenvalue weighted by molar-refractivity contribution is -0.137. The minimum atomic E-state index is 0.0208. The second-order valence-electron chi connectivity index (χ2n) is 29.5. The van der Waals surface area contributed by atoms with Crippen LogP contribution in [0.1, 0.15) is 222 Å². The molecule has 10 fully saturated rings. The van der Waals surface area contributed by atoms with Gasteiger partial charge in [0.25, 0.3) is 0 Å². The first-order chi connectivity index (χ1) is 42.2. The second kappa shape index (κ2) is 39.2. The summed E-state index contributed by atoms with van der Waals surface area (Å²) in [7, 11) is 11.3. The number of hydrogen-bond donors (Lipinski definition) is 7. The van der Waals surface area contributed by atoms with Crippen LogP contribution < -0.4 is 37.2 Å². The number of likely N-dealkylation sites (N-methyl/N-ethyl adjacent to an activating group) is 6. The van der Waals surface area contributed by atoms with Crippen molar-refractivity contribution >= 4 is 35.4 Å². The van der Waals surface area contributed by atoms with E-state index in [4.69, 9.17) is 0 Å². The van der Waals surface area contributed by atoms with Crippen molar-refractivity contribution in [1.82, 2.24) is 61.7 Å². The number of carbonyl (C=O) groups is 6. The van der Waals surface area contributed by atoms with Crippen LogP contribution in [0.2, 0.25) is 0 Å². The maximum atomic E-state index is 12.5. The van der Waals surface area contributed by atoms with Crippen LogP contribution in [0.25, 0.3) is 0 Å². The van der Waals surface area contributed by atoms with E-state index in [1.165, 1.54) is 116 Å². The Bertz CT molecular complexity index is 2070. The van der Waals surface area contributed by atoms with Gasteiger partial charge < -0.3 is 61.7 Å². The Kier molecular flexibility index (Phi) is 33.5. The molecule has 10 aliphatic rings. The Balaban J connectivity index is 0.000000193. The Morgan fingerprint density at radius 1 is 0.341 bits per heavy atom. The molecule has 18 nitrogen and oxygen atoms in total. The van der Waals surface area contributed by atoms with Crippen molar-refractivity contribution in [2.24, 2.45) is 41.4 Å². The maximum absolute atomic E-state index is 12.5. The van der Waals surface area contributed by atoms with E-state index < -0.39 is 0 Å². The molecule has 0 radical (unpaired) electrons. The third-order valence-corrected chi connectivity index (χ3v) is 21.3. The smallest absolute Gasteiger partial charge is 0.239 e. The van der Waals surface area contributed by atoms with Gasteiger partial charge in [-0.1, -0.05) is 87.5 Å². The molecule has 0 aromatic carbocycles. The normalized spacial score (nSPS) is 32.5. The zero-order valence-electron chi connectivity index (χ0n) is 58.3. The number of amides is 6. The maximum Gasteiger partial charge on any atom is 0.239 e. The molecule has 508 valence electrons. The summed E-state index contributed by atoms with van der Waals surface area (Å²) in [5.41, 5.74) is 0. The van der Waals surface area contributed by atoms with Crippen molar-refractivity contribution in [2.75, 3.05) is 88.1 Å². The highest BCUT2D eigenvalue weighted by Gasteiger charge is 2.40. The fourth-order valence-electron chi connectivity index (χ4n) is 14.9. The molecule has 4 saturated carbocycles. The van der Waals surface area contributed by atoms with E-state index in [-0.39, 0.29) is 48.1 Å². The molecule has 12 atom stereocenters. The van der Waals surface area contributed by atoms with E-state index in [1.54, 1.807) is 0 Å². The molecule has 18 heteroatoms. The van der Waals surface area contributed by atoms with E-state index in [2.05, 4.69) is 112 Å². The van der Waals surface area contributed by atoms with Gasteiger partial charge in [-0.15, -0.1) is 0 Å². The molecule has 4 aliphatic carbocycles. The first kappa shape index (κ1) is 75.3. The third kappa shape index (κ3) is 23.9. The van der Waals surface area contributed by atoms with Gasteiger partial charge in [0.1, 0.15) is 0 Å². The minimum Gasteiger partial charge on any atom is -0.355 e. The van der Waals surface area contributed by atoms with Crippen LogP contribution in [0.15, 0.2) is 0 Å². The molecule has 12 unspecified atom stereocenters. The summed E-state index contributed by atoms with van der Waals surface area (Å²) < 4.78 is 0. The summed E-state index contributed by atoms with van der Waals surface area (Å²) >= 11 is 0. The van der Waals surface area contributed by atoms with Crippen LogP contribution in [0.3, 0.4) is 0 Å². The van der Waals surface area contributed by atoms with Crippen LogP contribution in [0.5, 0.6) is 0 Å². The summed E-state index contributed by atoms with van der Waals surface area (Å²) in [4.78, 5) is 83.1. The molecule has 0 aromatic rings. The Labute approximate surface area is 536 Å². The Morgan fingerprint density at radius 3 is 0.909 bits per heavy atom. The van der Waals surface area contributed by atoms with Gasteiger partial charge in [-0.25, -0.2) is 0 Å². The molecule has 0 aromatic heterocycles. The Hall–Kier alpha value is -3.42. The predicted octanol–water partition coefficient (Wildman–Crippen LogP) is 7.93. The number of likely N-dealkylation sites (tertiary alicyclic amines) is 5. The lowest BCUT2D eigenvalue weighted by Gasteiger charge is -2.38. The molecule has 7 N–H and O–H groups in total. The number of hydrogen-bond acceptors (Lipinski definition) is 12. The molecule has 10 rings (SSSR count). The minimum absolute atomic E-state index is 0.0208. The van der Waals surface area contributed by atoms with Crippen LogP contribution in [0.4, 0.5) is 0 Å². The number of nitrogens with zero attached hydrogens (tertiary/aromatic N) is 5. The SMILES string of the molecule is CNC1CC(C)CCN(C2CC2)C1=O.CNC1CC(C)CCN(C2CCC2)C1=O.CNC1CC(C)CCN(C2CCCC2)C1=O.CNC1CC(C)CCN(C2CCCCC2)C1=O.CNC1CC(C)CCN(CC(C)C)C1=O.CNC1CC(C)CCNC1=O. The van der Waals surface area contributed by atoms with Gasteiger partial charge in [0.2, 0.25) is 35.4 Å². The average molecular weight is 1240 g/mol.